The molecule has 2 rings (SSSR count). The molecule has 1 saturated heterocycles. The molecule has 3 N–H and O–H groups in total. The summed E-state index contributed by atoms with van der Waals surface area (Å²) in [6.07, 6.45) is -7.12. The summed E-state index contributed by atoms with van der Waals surface area (Å²) in [4.78, 5) is 47.7. The van der Waals surface area contributed by atoms with Crippen LogP contribution in [0.3, 0.4) is 0 Å². The SMILES string of the molecule is COC(=O)[C@H]1O[C@@H](Oc2ccc(CCN)cc2O)[C@H](OC(C)=O)[C@@H](OC(C)=O)[C@@H]1OC(C)=O. The second kappa shape index (κ2) is 11.5. The number of hydrogen-bond acceptors (Lipinski definition) is 12. The maximum absolute atomic E-state index is 12.4. The molecule has 0 bridgehead atoms. The predicted octanol–water partition coefficient (Wildman–Crippen LogP) is -0.0348. The van der Waals surface area contributed by atoms with Crippen molar-refractivity contribution in [3.05, 3.63) is 23.8 Å². The Kier molecular flexibility index (Phi) is 9.00. The van der Waals surface area contributed by atoms with E-state index in [0.29, 0.717) is 13.0 Å². The zero-order valence-corrected chi connectivity index (χ0v) is 18.6. The zero-order chi connectivity index (χ0) is 24.7. The average Bonchev–Trinajstić information content (AvgIpc) is 2.72. The lowest BCUT2D eigenvalue weighted by atomic mass is 9.97. The summed E-state index contributed by atoms with van der Waals surface area (Å²) in [6.45, 7) is 3.61. The molecular weight excluding hydrogens is 442 g/mol. The summed E-state index contributed by atoms with van der Waals surface area (Å²) < 4.78 is 31.7. The normalized spacial score (nSPS) is 24.3. The lowest BCUT2D eigenvalue weighted by molar-refractivity contribution is -0.282. The highest BCUT2D eigenvalue weighted by atomic mass is 16.7. The first-order valence-corrected chi connectivity index (χ1v) is 10.0. The predicted molar refractivity (Wildman–Crippen MR) is 109 cm³/mol. The Morgan fingerprint density at radius 2 is 1.55 bits per heavy atom. The number of carbonyl (C=O) groups excluding carboxylic acids is 4. The van der Waals surface area contributed by atoms with E-state index in [1.165, 1.54) is 12.1 Å². The van der Waals surface area contributed by atoms with Gasteiger partial charge >= 0.3 is 23.9 Å². The fourth-order valence-corrected chi connectivity index (χ4v) is 3.28. The first-order chi connectivity index (χ1) is 15.6. The van der Waals surface area contributed by atoms with Gasteiger partial charge in [-0.25, -0.2) is 4.79 Å². The summed E-state index contributed by atoms with van der Waals surface area (Å²) in [5.74, 6) is -3.73. The molecule has 0 aliphatic carbocycles. The van der Waals surface area contributed by atoms with Crippen LogP contribution in [0.5, 0.6) is 11.5 Å². The molecule has 0 radical (unpaired) electrons. The van der Waals surface area contributed by atoms with Gasteiger partial charge in [-0.05, 0) is 30.7 Å². The third-order valence-electron chi connectivity index (χ3n) is 4.53. The third-order valence-corrected chi connectivity index (χ3v) is 4.53. The van der Waals surface area contributed by atoms with E-state index in [4.69, 9.17) is 34.2 Å². The van der Waals surface area contributed by atoms with Crippen LogP contribution in [0, 0.1) is 0 Å². The molecule has 0 spiro atoms. The molecule has 0 saturated carbocycles. The van der Waals surface area contributed by atoms with Crippen molar-refractivity contribution in [3.63, 3.8) is 0 Å². The Hall–Kier alpha value is -3.38. The number of phenols is 1. The molecule has 1 aromatic rings. The van der Waals surface area contributed by atoms with Gasteiger partial charge in [-0.15, -0.1) is 0 Å². The number of esters is 4. The quantitative estimate of drug-likeness (QED) is 0.385. The van der Waals surface area contributed by atoms with E-state index in [-0.39, 0.29) is 11.5 Å². The number of benzene rings is 1. The van der Waals surface area contributed by atoms with E-state index in [2.05, 4.69) is 0 Å². The summed E-state index contributed by atoms with van der Waals surface area (Å²) in [5.41, 5.74) is 6.26. The van der Waals surface area contributed by atoms with E-state index in [1.807, 2.05) is 0 Å². The Balaban J connectivity index is 2.49. The Morgan fingerprint density at radius 1 is 0.970 bits per heavy atom. The molecule has 1 fully saturated rings. The maximum Gasteiger partial charge on any atom is 0.339 e. The molecule has 0 aromatic heterocycles. The van der Waals surface area contributed by atoms with Gasteiger partial charge in [0, 0.05) is 20.8 Å². The van der Waals surface area contributed by atoms with E-state index in [9.17, 15) is 24.3 Å². The summed E-state index contributed by atoms with van der Waals surface area (Å²) in [6, 6.07) is 4.50. The van der Waals surface area contributed by atoms with E-state index >= 15 is 0 Å². The Morgan fingerprint density at radius 3 is 2.06 bits per heavy atom. The molecule has 1 aromatic carbocycles. The van der Waals surface area contributed by atoms with Crippen molar-refractivity contribution < 1.29 is 52.7 Å². The van der Waals surface area contributed by atoms with Crippen LogP contribution >= 0.6 is 0 Å². The number of phenolic OH excluding ortho intramolecular Hbond substituents is 1. The van der Waals surface area contributed by atoms with E-state index in [1.54, 1.807) is 6.07 Å². The van der Waals surface area contributed by atoms with Crippen molar-refractivity contribution in [2.45, 2.75) is 57.9 Å². The van der Waals surface area contributed by atoms with Crippen LogP contribution in [0.25, 0.3) is 0 Å². The van der Waals surface area contributed by atoms with Crippen molar-refractivity contribution in [1.29, 1.82) is 0 Å². The molecule has 12 nitrogen and oxygen atoms in total. The van der Waals surface area contributed by atoms with Crippen LogP contribution in [0.1, 0.15) is 26.3 Å². The molecule has 5 atom stereocenters. The first-order valence-electron chi connectivity index (χ1n) is 10.0. The van der Waals surface area contributed by atoms with Gasteiger partial charge in [0.15, 0.2) is 29.8 Å². The van der Waals surface area contributed by atoms with Crippen LogP contribution in [0.2, 0.25) is 0 Å². The fraction of sp³-hybridized carbons (Fsp3) is 0.524. The van der Waals surface area contributed by atoms with E-state index in [0.717, 1.165) is 33.4 Å². The largest absolute Gasteiger partial charge is 0.504 e. The zero-order valence-electron chi connectivity index (χ0n) is 18.6. The fourth-order valence-electron chi connectivity index (χ4n) is 3.28. The lowest BCUT2D eigenvalue weighted by Gasteiger charge is -2.43. The van der Waals surface area contributed by atoms with E-state index < -0.39 is 54.6 Å². The number of rotatable bonds is 8. The molecule has 182 valence electrons. The molecule has 1 aliphatic heterocycles. The molecule has 0 unspecified atom stereocenters. The van der Waals surface area contributed by atoms with Gasteiger partial charge in [0.1, 0.15) is 0 Å². The van der Waals surface area contributed by atoms with Crippen LogP contribution in [-0.4, -0.2) is 73.3 Å². The second-order valence-corrected chi connectivity index (χ2v) is 7.13. The maximum atomic E-state index is 12.4. The smallest absolute Gasteiger partial charge is 0.339 e. The van der Waals surface area contributed by atoms with Crippen LogP contribution < -0.4 is 10.5 Å². The summed E-state index contributed by atoms with van der Waals surface area (Å²) in [7, 11) is 1.08. The lowest BCUT2D eigenvalue weighted by Crippen LogP contribution is -2.64. The summed E-state index contributed by atoms with van der Waals surface area (Å²) in [5, 5.41) is 10.3. The van der Waals surface area contributed by atoms with Gasteiger partial charge in [-0.2, -0.15) is 0 Å². The number of carbonyl (C=O) groups is 4. The van der Waals surface area contributed by atoms with Crippen LogP contribution in [-0.2, 0) is 49.3 Å². The molecule has 1 heterocycles. The second-order valence-electron chi connectivity index (χ2n) is 7.13. The van der Waals surface area contributed by atoms with Gasteiger partial charge in [0.05, 0.1) is 7.11 Å². The Bertz CT molecular complexity index is 887. The first kappa shape index (κ1) is 25.9. The van der Waals surface area contributed by atoms with Crippen LogP contribution in [0.15, 0.2) is 18.2 Å². The molecule has 33 heavy (non-hydrogen) atoms. The topological polar surface area (TPSA) is 170 Å². The highest BCUT2D eigenvalue weighted by Crippen LogP contribution is 2.34. The molecule has 12 heteroatoms. The molecule has 0 amide bonds. The minimum Gasteiger partial charge on any atom is -0.504 e. The van der Waals surface area contributed by atoms with Gasteiger partial charge in [-0.1, -0.05) is 6.07 Å². The van der Waals surface area contributed by atoms with Gasteiger partial charge in [0.25, 0.3) is 0 Å². The van der Waals surface area contributed by atoms with Crippen molar-refractivity contribution in [2.75, 3.05) is 13.7 Å². The van der Waals surface area contributed by atoms with Crippen LogP contribution in [0.4, 0.5) is 0 Å². The Labute approximate surface area is 189 Å². The van der Waals surface area contributed by atoms with Crippen molar-refractivity contribution in [3.8, 4) is 11.5 Å². The molecule has 1 aliphatic rings. The average molecular weight is 469 g/mol. The van der Waals surface area contributed by atoms with Gasteiger partial charge in [-0.3, -0.25) is 14.4 Å². The minimum absolute atomic E-state index is 0.0750. The van der Waals surface area contributed by atoms with Gasteiger partial charge < -0.3 is 39.3 Å². The van der Waals surface area contributed by atoms with Crippen molar-refractivity contribution in [2.24, 2.45) is 5.73 Å². The monoisotopic (exact) mass is 469 g/mol. The standard InChI is InChI=1S/C21H27NO11/c1-10(23)29-16-17(30-11(2)24)19(31-12(3)25)21(33-18(16)20(27)28-4)32-15-6-5-13(7-8-22)9-14(15)26/h5-6,9,16-19,21,26H,7-8,22H2,1-4H3/t16-,17-,18-,19+,21+/m0/s1. The van der Waals surface area contributed by atoms with Gasteiger partial charge in [0.2, 0.25) is 12.4 Å². The highest BCUT2D eigenvalue weighted by molar-refractivity contribution is 5.77. The van der Waals surface area contributed by atoms with Crippen molar-refractivity contribution in [1.82, 2.24) is 0 Å². The molecular formula is C21H27NO11. The van der Waals surface area contributed by atoms with Crippen molar-refractivity contribution >= 4 is 23.9 Å². The minimum atomic E-state index is -1.60. The number of aromatic hydroxyl groups is 1. The summed E-state index contributed by atoms with van der Waals surface area (Å²) >= 11 is 0. The number of hydrogen-bond donors (Lipinski definition) is 2. The third kappa shape index (κ3) is 6.80. The number of methoxy groups -OCH3 is 1. The number of nitrogens with two attached hydrogens (primary N) is 1. The number of ether oxygens (including phenoxy) is 6. The highest BCUT2D eigenvalue weighted by Gasteiger charge is 2.55.